The van der Waals surface area contributed by atoms with E-state index < -0.39 is 17.9 Å². The highest BCUT2D eigenvalue weighted by Gasteiger charge is 2.60. The lowest BCUT2D eigenvalue weighted by atomic mass is 9.99. The summed E-state index contributed by atoms with van der Waals surface area (Å²) < 4.78 is 29.3. The van der Waals surface area contributed by atoms with E-state index in [4.69, 9.17) is 29.2 Å². The SMILES string of the molecule is CC1(C)OC2[C@H](OC(CN=[N+]=N)[C@@H]3OC(C)(C)O[C@@H]23)O1. The molecule has 8 nitrogen and oxygen atoms in total. The first kappa shape index (κ1) is 14.1. The molecule has 20 heavy (non-hydrogen) atoms. The van der Waals surface area contributed by atoms with E-state index in [2.05, 4.69) is 10.0 Å². The molecule has 3 saturated heterocycles. The number of nitrogens with one attached hydrogen (secondary N) is 1. The van der Waals surface area contributed by atoms with Crippen molar-refractivity contribution in [3.05, 3.63) is 0 Å². The van der Waals surface area contributed by atoms with Crippen LogP contribution < -0.4 is 4.91 Å². The topological polar surface area (TPSA) is 96.5 Å². The highest BCUT2D eigenvalue weighted by Crippen LogP contribution is 2.43. The lowest BCUT2D eigenvalue weighted by molar-refractivity contribution is -0.231. The smallest absolute Gasteiger partial charge is 0.214 e. The first-order valence-corrected chi connectivity index (χ1v) is 6.71. The summed E-state index contributed by atoms with van der Waals surface area (Å²) in [6, 6.07) is 0. The van der Waals surface area contributed by atoms with E-state index in [1.807, 2.05) is 27.7 Å². The second-order valence-electron chi connectivity index (χ2n) is 6.13. The molecule has 3 aliphatic heterocycles. The number of nitrogens with zero attached hydrogens (tertiary/aromatic N) is 2. The Balaban J connectivity index is 1.85. The van der Waals surface area contributed by atoms with E-state index >= 15 is 0 Å². The molecule has 3 rings (SSSR count). The summed E-state index contributed by atoms with van der Waals surface area (Å²) >= 11 is 0. The van der Waals surface area contributed by atoms with Crippen LogP contribution in [-0.2, 0) is 23.7 Å². The Bertz CT molecular complexity index is 448. The standard InChI is InChI=1S/C12H20N3O5/c1-11(2)17-7-6(5-14-15-13)16-10-9(8(7)18-11)19-12(3,4)20-10/h6-10,13H,5H2,1-4H3/q+1/t6?,7-,8+,9?,10+/m0/s1. The van der Waals surface area contributed by atoms with Crippen molar-refractivity contribution in [1.82, 2.24) is 4.91 Å². The zero-order valence-corrected chi connectivity index (χ0v) is 12.0. The number of ether oxygens (including phenoxy) is 5. The summed E-state index contributed by atoms with van der Waals surface area (Å²) in [7, 11) is 0. The third kappa shape index (κ3) is 2.39. The minimum absolute atomic E-state index is 0.233. The van der Waals surface area contributed by atoms with E-state index in [9.17, 15) is 0 Å². The first-order chi connectivity index (χ1) is 9.31. The maximum atomic E-state index is 6.77. The predicted octanol–water partition coefficient (Wildman–Crippen LogP) is 0.933. The van der Waals surface area contributed by atoms with Gasteiger partial charge in [0.15, 0.2) is 24.4 Å². The average molecular weight is 286 g/mol. The molecule has 3 aliphatic rings. The molecule has 0 aromatic rings. The van der Waals surface area contributed by atoms with Crippen LogP contribution >= 0.6 is 0 Å². The molecular weight excluding hydrogens is 266 g/mol. The molecule has 0 amide bonds. The van der Waals surface area contributed by atoms with Crippen molar-refractivity contribution in [3.63, 3.8) is 0 Å². The first-order valence-electron chi connectivity index (χ1n) is 6.71. The molecule has 0 radical (unpaired) electrons. The monoisotopic (exact) mass is 286 g/mol. The molecule has 0 bridgehead atoms. The van der Waals surface area contributed by atoms with Gasteiger partial charge in [0.25, 0.3) is 0 Å². The number of fused-ring (bicyclic) bond motifs is 3. The van der Waals surface area contributed by atoms with Crippen molar-refractivity contribution in [1.29, 1.82) is 5.53 Å². The molecule has 0 saturated carbocycles. The van der Waals surface area contributed by atoms with E-state index in [0.717, 1.165) is 0 Å². The number of rotatable bonds is 2. The van der Waals surface area contributed by atoms with E-state index in [1.165, 1.54) is 0 Å². The average Bonchev–Trinajstić information content (AvgIpc) is 2.80. The fraction of sp³-hybridized carbons (Fsp3) is 1.00. The molecule has 112 valence electrons. The molecule has 0 aromatic carbocycles. The van der Waals surface area contributed by atoms with Gasteiger partial charge in [-0.3, -0.25) is 0 Å². The molecule has 2 unspecified atom stereocenters. The van der Waals surface area contributed by atoms with Crippen molar-refractivity contribution in [2.75, 3.05) is 6.54 Å². The summed E-state index contributed by atoms with van der Waals surface area (Å²) in [6.07, 6.45) is -1.81. The van der Waals surface area contributed by atoms with Gasteiger partial charge in [-0.1, -0.05) is 0 Å². The lowest BCUT2D eigenvalue weighted by Gasteiger charge is -2.35. The van der Waals surface area contributed by atoms with Crippen LogP contribution in [0.15, 0.2) is 5.11 Å². The van der Waals surface area contributed by atoms with Gasteiger partial charge in [-0.15, -0.1) is 0 Å². The van der Waals surface area contributed by atoms with Gasteiger partial charge in [-0.2, -0.15) is 0 Å². The van der Waals surface area contributed by atoms with Crippen LogP contribution in [0.1, 0.15) is 27.7 Å². The summed E-state index contributed by atoms with van der Waals surface area (Å²) in [5.41, 5.74) is 6.77. The van der Waals surface area contributed by atoms with Crippen molar-refractivity contribution in [2.24, 2.45) is 5.11 Å². The van der Waals surface area contributed by atoms with Gasteiger partial charge in [-0.05, 0) is 27.7 Å². The maximum Gasteiger partial charge on any atom is 0.214 e. The zero-order valence-electron chi connectivity index (χ0n) is 12.0. The molecule has 3 heterocycles. The lowest BCUT2D eigenvalue weighted by Crippen LogP contribution is -2.55. The molecule has 0 aromatic heterocycles. The second-order valence-corrected chi connectivity index (χ2v) is 6.13. The Morgan fingerprint density at radius 2 is 1.55 bits per heavy atom. The van der Waals surface area contributed by atoms with Crippen molar-refractivity contribution >= 4 is 0 Å². The number of hydrogen-bond donors (Lipinski definition) is 1. The third-order valence-electron chi connectivity index (χ3n) is 3.58. The molecule has 1 N–H and O–H groups in total. The van der Waals surface area contributed by atoms with Gasteiger partial charge in [0.05, 0.1) is 0 Å². The second kappa shape index (κ2) is 4.56. The van der Waals surface area contributed by atoms with Crippen molar-refractivity contribution < 1.29 is 23.7 Å². The van der Waals surface area contributed by atoms with E-state index in [-0.39, 0.29) is 31.0 Å². The number of hydrogen-bond acceptors (Lipinski definition) is 7. The predicted molar refractivity (Wildman–Crippen MR) is 64.7 cm³/mol. The highest BCUT2D eigenvalue weighted by molar-refractivity contribution is 5.00. The van der Waals surface area contributed by atoms with Gasteiger partial charge in [0, 0.05) is 0 Å². The fourth-order valence-electron chi connectivity index (χ4n) is 2.96. The molecule has 5 atom stereocenters. The van der Waals surface area contributed by atoms with Gasteiger partial charge in [0.1, 0.15) is 35.1 Å². The maximum absolute atomic E-state index is 6.77. The minimum Gasteiger partial charge on any atom is -0.342 e. The largest absolute Gasteiger partial charge is 0.342 e. The minimum atomic E-state index is -0.720. The molecule has 0 spiro atoms. The van der Waals surface area contributed by atoms with Crippen LogP contribution in [-0.4, -0.2) is 48.8 Å². The quantitative estimate of drug-likeness (QED) is 0.601. The van der Waals surface area contributed by atoms with E-state index in [0.29, 0.717) is 0 Å². The molecule has 8 heteroatoms. The summed E-state index contributed by atoms with van der Waals surface area (Å²) in [4.78, 5) is 3.02. The Morgan fingerprint density at radius 3 is 2.25 bits per heavy atom. The zero-order chi connectivity index (χ0) is 14.5. The summed E-state index contributed by atoms with van der Waals surface area (Å²) in [5, 5.41) is 3.69. The molecule has 3 fully saturated rings. The van der Waals surface area contributed by atoms with Crippen LogP contribution in [0.5, 0.6) is 0 Å². The highest BCUT2D eigenvalue weighted by atomic mass is 16.9. The Kier molecular flexibility index (Phi) is 3.20. The van der Waals surface area contributed by atoms with Crippen molar-refractivity contribution in [2.45, 2.75) is 70.0 Å². The van der Waals surface area contributed by atoms with E-state index in [1.54, 1.807) is 0 Å². The Labute approximate surface area is 116 Å². The van der Waals surface area contributed by atoms with Gasteiger partial charge in [0.2, 0.25) is 4.91 Å². The van der Waals surface area contributed by atoms with Crippen LogP contribution in [0.25, 0.3) is 0 Å². The Hall–Kier alpha value is -0.890. The van der Waals surface area contributed by atoms with Gasteiger partial charge >= 0.3 is 0 Å². The third-order valence-corrected chi connectivity index (χ3v) is 3.58. The fourth-order valence-corrected chi connectivity index (χ4v) is 2.96. The Morgan fingerprint density at radius 1 is 0.950 bits per heavy atom. The van der Waals surface area contributed by atoms with Crippen LogP contribution in [0.3, 0.4) is 0 Å². The van der Waals surface area contributed by atoms with Gasteiger partial charge in [-0.25, -0.2) is 0 Å². The molecule has 0 aliphatic carbocycles. The van der Waals surface area contributed by atoms with Crippen LogP contribution in [0, 0.1) is 5.53 Å². The van der Waals surface area contributed by atoms with Crippen molar-refractivity contribution in [3.8, 4) is 0 Å². The summed E-state index contributed by atoms with van der Waals surface area (Å²) in [5.74, 6) is -1.43. The molecular formula is C12H20N3O5+. The van der Waals surface area contributed by atoms with Crippen LogP contribution in [0.2, 0.25) is 0 Å². The normalized spacial score (nSPS) is 44.5. The van der Waals surface area contributed by atoms with Crippen LogP contribution in [0.4, 0.5) is 0 Å². The summed E-state index contributed by atoms with van der Waals surface area (Å²) in [6.45, 7) is 7.61. The van der Waals surface area contributed by atoms with Gasteiger partial charge < -0.3 is 23.7 Å².